The number of halogens is 2. The summed E-state index contributed by atoms with van der Waals surface area (Å²) < 4.78 is 0.948. The van der Waals surface area contributed by atoms with Gasteiger partial charge in [0.15, 0.2) is 0 Å². The number of benzene rings is 1. The Hall–Kier alpha value is -1.72. The van der Waals surface area contributed by atoms with Gasteiger partial charge in [-0.3, -0.25) is 4.98 Å². The molecule has 0 fully saturated rings. The van der Waals surface area contributed by atoms with Crippen LogP contribution in [-0.2, 0) is 0 Å². The lowest BCUT2D eigenvalue weighted by molar-refractivity contribution is 1.13. The molecular formula is C14H10BrClN4. The monoisotopic (exact) mass is 348 g/mol. The third-order valence-corrected chi connectivity index (χ3v) is 3.49. The highest BCUT2D eigenvalue weighted by atomic mass is 79.9. The second kappa shape index (κ2) is 5.34. The fourth-order valence-corrected chi connectivity index (χ4v) is 2.39. The van der Waals surface area contributed by atoms with Gasteiger partial charge in [0, 0.05) is 27.8 Å². The molecule has 3 aromatic rings. The van der Waals surface area contributed by atoms with Gasteiger partial charge in [-0.2, -0.15) is 0 Å². The third-order valence-electron chi connectivity index (χ3n) is 2.87. The summed E-state index contributed by atoms with van der Waals surface area (Å²) in [5, 5.41) is 4.52. The molecule has 0 unspecified atom stereocenters. The van der Waals surface area contributed by atoms with Crippen LogP contribution in [0.5, 0.6) is 0 Å². The van der Waals surface area contributed by atoms with E-state index in [1.165, 1.54) is 0 Å². The zero-order valence-electron chi connectivity index (χ0n) is 10.6. The van der Waals surface area contributed by atoms with Crippen LogP contribution in [0.3, 0.4) is 0 Å². The smallest absolute Gasteiger partial charge is 0.224 e. The van der Waals surface area contributed by atoms with Crippen molar-refractivity contribution >= 4 is 49.9 Å². The number of nitrogens with zero attached hydrogens (tertiary/aromatic N) is 3. The Morgan fingerprint density at radius 2 is 2.05 bits per heavy atom. The number of hydrogen-bond donors (Lipinski definition) is 1. The minimum absolute atomic E-state index is 0.217. The lowest BCUT2D eigenvalue weighted by atomic mass is 10.2. The van der Waals surface area contributed by atoms with Crippen molar-refractivity contribution in [1.29, 1.82) is 0 Å². The van der Waals surface area contributed by atoms with E-state index in [0.717, 1.165) is 26.6 Å². The van der Waals surface area contributed by atoms with Crippen LogP contribution in [-0.4, -0.2) is 15.0 Å². The van der Waals surface area contributed by atoms with Crippen LogP contribution in [0.25, 0.3) is 10.9 Å². The topological polar surface area (TPSA) is 50.7 Å². The van der Waals surface area contributed by atoms with Crippen LogP contribution in [0.2, 0.25) is 5.28 Å². The van der Waals surface area contributed by atoms with Gasteiger partial charge in [-0.25, -0.2) is 9.97 Å². The van der Waals surface area contributed by atoms with Crippen LogP contribution >= 0.6 is 27.5 Å². The number of hydrogen-bond acceptors (Lipinski definition) is 4. The van der Waals surface area contributed by atoms with Gasteiger partial charge in [-0.1, -0.05) is 12.1 Å². The van der Waals surface area contributed by atoms with Crippen molar-refractivity contribution in [2.45, 2.75) is 6.92 Å². The minimum Gasteiger partial charge on any atom is -0.338 e. The molecule has 0 radical (unpaired) electrons. The first-order valence-electron chi connectivity index (χ1n) is 5.94. The lowest BCUT2D eigenvalue weighted by Gasteiger charge is -2.10. The number of pyridine rings is 1. The summed E-state index contributed by atoms with van der Waals surface area (Å²) in [7, 11) is 0. The number of rotatable bonds is 2. The predicted octanol–water partition coefficient (Wildman–Crippen LogP) is 4.49. The van der Waals surface area contributed by atoms with E-state index in [-0.39, 0.29) is 5.28 Å². The highest BCUT2D eigenvalue weighted by molar-refractivity contribution is 9.10. The molecule has 4 nitrogen and oxygen atoms in total. The summed E-state index contributed by atoms with van der Waals surface area (Å²) in [6.45, 7) is 1.92. The van der Waals surface area contributed by atoms with Crippen LogP contribution in [0.15, 0.2) is 41.1 Å². The Bertz CT molecular complexity index is 791. The number of aromatic nitrogens is 3. The molecule has 0 aliphatic heterocycles. The molecule has 0 amide bonds. The van der Waals surface area contributed by atoms with Crippen molar-refractivity contribution in [1.82, 2.24) is 15.0 Å². The average Bonchev–Trinajstić information content (AvgIpc) is 2.43. The lowest BCUT2D eigenvalue weighted by Crippen LogP contribution is -1.99. The largest absolute Gasteiger partial charge is 0.338 e. The standard InChI is InChI=1S/C14H10BrClN4/c1-8-6-18-14(16)20-13(8)19-11-4-2-3-9-5-10(15)7-17-12(9)11/h2-7H,1H3,(H,18,19,20). The second-order valence-corrected chi connectivity index (χ2v) is 5.58. The van der Waals surface area contributed by atoms with Crippen molar-refractivity contribution in [2.24, 2.45) is 0 Å². The highest BCUT2D eigenvalue weighted by Gasteiger charge is 2.07. The van der Waals surface area contributed by atoms with Gasteiger partial charge in [-0.15, -0.1) is 0 Å². The van der Waals surface area contributed by atoms with Crippen molar-refractivity contribution in [3.63, 3.8) is 0 Å². The van der Waals surface area contributed by atoms with Gasteiger partial charge in [0.25, 0.3) is 0 Å². The molecule has 0 atom stereocenters. The van der Waals surface area contributed by atoms with Gasteiger partial charge in [0.2, 0.25) is 5.28 Å². The molecule has 1 aromatic carbocycles. The molecule has 0 bridgehead atoms. The van der Waals surface area contributed by atoms with Gasteiger partial charge in [0.05, 0.1) is 11.2 Å². The Labute approximate surface area is 129 Å². The molecular weight excluding hydrogens is 340 g/mol. The average molecular weight is 350 g/mol. The van der Waals surface area contributed by atoms with Crippen LogP contribution < -0.4 is 5.32 Å². The molecule has 0 aliphatic rings. The molecule has 2 aromatic heterocycles. The normalized spacial score (nSPS) is 10.8. The fourth-order valence-electron chi connectivity index (χ4n) is 1.91. The number of aryl methyl sites for hydroxylation is 1. The SMILES string of the molecule is Cc1cnc(Cl)nc1Nc1cccc2cc(Br)cnc12. The molecule has 6 heteroatoms. The van der Waals surface area contributed by atoms with E-state index in [2.05, 4.69) is 36.2 Å². The fraction of sp³-hybridized carbons (Fsp3) is 0.0714. The van der Waals surface area contributed by atoms with Crippen molar-refractivity contribution in [3.05, 3.63) is 52.0 Å². The van der Waals surface area contributed by atoms with E-state index in [9.17, 15) is 0 Å². The number of nitrogens with one attached hydrogen (secondary N) is 1. The predicted molar refractivity (Wildman–Crippen MR) is 84.5 cm³/mol. The molecule has 0 aliphatic carbocycles. The van der Waals surface area contributed by atoms with Gasteiger partial charge >= 0.3 is 0 Å². The summed E-state index contributed by atoms with van der Waals surface area (Å²) in [5.74, 6) is 0.683. The maximum atomic E-state index is 5.84. The summed E-state index contributed by atoms with van der Waals surface area (Å²) in [6.07, 6.45) is 3.46. The molecule has 20 heavy (non-hydrogen) atoms. The van der Waals surface area contributed by atoms with E-state index in [1.807, 2.05) is 31.2 Å². The number of para-hydroxylation sites is 1. The molecule has 3 rings (SSSR count). The Balaban J connectivity index is 2.09. The van der Waals surface area contributed by atoms with Crippen molar-refractivity contribution in [3.8, 4) is 0 Å². The summed E-state index contributed by atoms with van der Waals surface area (Å²) >= 11 is 9.26. The second-order valence-electron chi connectivity index (χ2n) is 4.33. The van der Waals surface area contributed by atoms with E-state index in [1.54, 1.807) is 12.4 Å². The molecule has 0 saturated carbocycles. The Morgan fingerprint density at radius 3 is 2.90 bits per heavy atom. The van der Waals surface area contributed by atoms with Gasteiger partial charge < -0.3 is 5.32 Å². The van der Waals surface area contributed by atoms with Crippen molar-refractivity contribution in [2.75, 3.05) is 5.32 Å². The molecule has 100 valence electrons. The summed E-state index contributed by atoms with van der Waals surface area (Å²) in [5.41, 5.74) is 2.68. The summed E-state index contributed by atoms with van der Waals surface area (Å²) in [4.78, 5) is 12.6. The molecule has 1 N–H and O–H groups in total. The zero-order chi connectivity index (χ0) is 14.1. The Morgan fingerprint density at radius 1 is 1.20 bits per heavy atom. The Kier molecular flexibility index (Phi) is 3.54. The van der Waals surface area contributed by atoms with E-state index in [0.29, 0.717) is 5.82 Å². The van der Waals surface area contributed by atoms with E-state index >= 15 is 0 Å². The first kappa shape index (κ1) is 13.3. The number of anilines is 2. The zero-order valence-corrected chi connectivity index (χ0v) is 12.9. The first-order valence-corrected chi connectivity index (χ1v) is 7.11. The highest BCUT2D eigenvalue weighted by Crippen LogP contribution is 2.27. The number of fused-ring (bicyclic) bond motifs is 1. The maximum absolute atomic E-state index is 5.84. The summed E-state index contributed by atoms with van der Waals surface area (Å²) in [6, 6.07) is 7.96. The molecule has 0 saturated heterocycles. The van der Waals surface area contributed by atoms with E-state index < -0.39 is 0 Å². The van der Waals surface area contributed by atoms with Crippen LogP contribution in [0, 0.1) is 6.92 Å². The minimum atomic E-state index is 0.217. The third kappa shape index (κ3) is 2.59. The van der Waals surface area contributed by atoms with Gasteiger partial charge in [0.1, 0.15) is 5.82 Å². The molecule has 0 spiro atoms. The van der Waals surface area contributed by atoms with Crippen molar-refractivity contribution < 1.29 is 0 Å². The van der Waals surface area contributed by atoms with Crippen LogP contribution in [0.4, 0.5) is 11.5 Å². The molecule has 2 heterocycles. The van der Waals surface area contributed by atoms with E-state index in [4.69, 9.17) is 11.6 Å². The van der Waals surface area contributed by atoms with Gasteiger partial charge in [-0.05, 0) is 46.6 Å². The maximum Gasteiger partial charge on any atom is 0.224 e. The first-order chi connectivity index (χ1) is 9.63. The quantitative estimate of drug-likeness (QED) is 0.692. The van der Waals surface area contributed by atoms with Crippen LogP contribution in [0.1, 0.15) is 5.56 Å².